The molecule has 1 fully saturated rings. The first-order chi connectivity index (χ1) is 9.51. The molecule has 1 saturated carbocycles. The minimum absolute atomic E-state index is 0.505. The van der Waals surface area contributed by atoms with Gasteiger partial charge in [-0.3, -0.25) is 0 Å². The maximum Gasteiger partial charge on any atom is 0.156 e. The second-order valence-electron chi connectivity index (χ2n) is 5.81. The number of halogens is 2. The Bertz CT molecular complexity index is 466. The van der Waals surface area contributed by atoms with Crippen molar-refractivity contribution in [3.8, 4) is 5.75 Å². The number of anilines is 1. The molecule has 0 spiro atoms. The minimum atomic E-state index is 0.505. The third-order valence-electron chi connectivity index (χ3n) is 4.25. The molecule has 0 aliphatic heterocycles. The van der Waals surface area contributed by atoms with Crippen molar-refractivity contribution in [1.29, 1.82) is 0 Å². The second kappa shape index (κ2) is 7.04. The van der Waals surface area contributed by atoms with Gasteiger partial charge in [0.15, 0.2) is 5.75 Å². The Morgan fingerprint density at radius 3 is 2.70 bits per heavy atom. The van der Waals surface area contributed by atoms with Crippen LogP contribution in [0.15, 0.2) is 16.6 Å². The van der Waals surface area contributed by atoms with Gasteiger partial charge in [0.25, 0.3) is 0 Å². The zero-order valence-corrected chi connectivity index (χ0v) is 14.7. The van der Waals surface area contributed by atoms with Crippen LogP contribution in [0.2, 0.25) is 5.02 Å². The summed E-state index contributed by atoms with van der Waals surface area (Å²) in [6.07, 6.45) is 3.70. The molecule has 1 aliphatic carbocycles. The van der Waals surface area contributed by atoms with Gasteiger partial charge in [0.05, 0.1) is 16.8 Å². The molecule has 0 bridgehead atoms. The van der Waals surface area contributed by atoms with Crippen molar-refractivity contribution >= 4 is 33.2 Å². The summed E-state index contributed by atoms with van der Waals surface area (Å²) in [6.45, 7) is 7.33. The van der Waals surface area contributed by atoms with Crippen molar-refractivity contribution < 1.29 is 4.74 Å². The van der Waals surface area contributed by atoms with E-state index in [-0.39, 0.29) is 0 Å². The molecule has 0 radical (unpaired) electrons. The van der Waals surface area contributed by atoms with Gasteiger partial charge in [0, 0.05) is 11.1 Å². The Labute approximate surface area is 135 Å². The Morgan fingerprint density at radius 1 is 1.30 bits per heavy atom. The van der Waals surface area contributed by atoms with Crippen molar-refractivity contribution in [1.82, 2.24) is 0 Å². The lowest BCUT2D eigenvalue weighted by molar-refractivity contribution is 0.260. The number of nitrogens with one attached hydrogen (secondary N) is 1. The molecule has 1 aromatic carbocycles. The number of ether oxygens (including phenoxy) is 1. The smallest absolute Gasteiger partial charge is 0.156 e. The zero-order chi connectivity index (χ0) is 14.7. The zero-order valence-electron chi connectivity index (χ0n) is 12.4. The third-order valence-corrected chi connectivity index (χ3v) is 5.06. The van der Waals surface area contributed by atoms with Crippen molar-refractivity contribution in [2.45, 2.75) is 46.1 Å². The van der Waals surface area contributed by atoms with Crippen LogP contribution in [0.25, 0.3) is 0 Å². The van der Waals surface area contributed by atoms with Gasteiger partial charge in [-0.05, 0) is 66.1 Å². The predicted octanol–water partition coefficient (Wildman–Crippen LogP) is 5.74. The first kappa shape index (κ1) is 16.0. The highest BCUT2D eigenvalue weighted by Crippen LogP contribution is 2.39. The van der Waals surface area contributed by atoms with Crippen LogP contribution >= 0.6 is 27.5 Å². The first-order valence-electron chi connectivity index (χ1n) is 7.39. The molecule has 1 aliphatic rings. The highest BCUT2D eigenvalue weighted by atomic mass is 79.9. The largest absolute Gasteiger partial charge is 0.491 e. The van der Waals surface area contributed by atoms with E-state index in [4.69, 9.17) is 16.3 Å². The topological polar surface area (TPSA) is 21.3 Å². The van der Waals surface area contributed by atoms with E-state index in [2.05, 4.69) is 35.1 Å². The summed E-state index contributed by atoms with van der Waals surface area (Å²) in [4.78, 5) is 0. The van der Waals surface area contributed by atoms with E-state index in [0.29, 0.717) is 12.6 Å². The lowest BCUT2D eigenvalue weighted by atomic mass is 9.79. The Hall–Kier alpha value is -0.410. The predicted molar refractivity (Wildman–Crippen MR) is 89.9 cm³/mol. The van der Waals surface area contributed by atoms with Crippen LogP contribution in [-0.4, -0.2) is 12.6 Å². The molecule has 4 heteroatoms. The number of hydrogen-bond donors (Lipinski definition) is 1. The fourth-order valence-electron chi connectivity index (χ4n) is 2.86. The van der Waals surface area contributed by atoms with E-state index in [9.17, 15) is 0 Å². The van der Waals surface area contributed by atoms with Gasteiger partial charge in [-0.15, -0.1) is 0 Å². The van der Waals surface area contributed by atoms with Crippen molar-refractivity contribution in [3.63, 3.8) is 0 Å². The average molecular weight is 361 g/mol. The third kappa shape index (κ3) is 3.82. The van der Waals surface area contributed by atoms with Crippen LogP contribution < -0.4 is 10.1 Å². The quantitative estimate of drug-likeness (QED) is 0.739. The van der Waals surface area contributed by atoms with Gasteiger partial charge in [0.1, 0.15) is 0 Å². The molecule has 112 valence electrons. The molecule has 0 amide bonds. The molecule has 1 N–H and O–H groups in total. The van der Waals surface area contributed by atoms with Crippen LogP contribution in [0.4, 0.5) is 5.69 Å². The van der Waals surface area contributed by atoms with Gasteiger partial charge < -0.3 is 10.1 Å². The minimum Gasteiger partial charge on any atom is -0.491 e. The fraction of sp³-hybridized carbons (Fsp3) is 0.625. The Morgan fingerprint density at radius 2 is 2.05 bits per heavy atom. The van der Waals surface area contributed by atoms with E-state index in [0.717, 1.165) is 32.8 Å². The molecular weight excluding hydrogens is 338 g/mol. The van der Waals surface area contributed by atoms with E-state index >= 15 is 0 Å². The van der Waals surface area contributed by atoms with Gasteiger partial charge in [-0.25, -0.2) is 0 Å². The summed E-state index contributed by atoms with van der Waals surface area (Å²) >= 11 is 9.70. The van der Waals surface area contributed by atoms with Gasteiger partial charge in [-0.2, -0.15) is 0 Å². The van der Waals surface area contributed by atoms with Gasteiger partial charge in [-0.1, -0.05) is 25.4 Å². The number of hydrogen-bond acceptors (Lipinski definition) is 2. The summed E-state index contributed by atoms with van der Waals surface area (Å²) < 4.78 is 6.65. The molecule has 3 unspecified atom stereocenters. The van der Waals surface area contributed by atoms with Crippen LogP contribution in [-0.2, 0) is 0 Å². The van der Waals surface area contributed by atoms with Crippen molar-refractivity contribution in [3.05, 3.63) is 21.6 Å². The highest BCUT2D eigenvalue weighted by Gasteiger charge is 2.25. The summed E-state index contributed by atoms with van der Waals surface area (Å²) in [6, 6.07) is 4.34. The summed E-state index contributed by atoms with van der Waals surface area (Å²) in [5.41, 5.74) is 0.998. The van der Waals surface area contributed by atoms with E-state index in [1.807, 2.05) is 19.1 Å². The molecular formula is C16H23BrClNO. The monoisotopic (exact) mass is 359 g/mol. The SMILES string of the molecule is CCOc1c(Br)cc(Cl)cc1NC1CCC(C)C(C)C1. The van der Waals surface area contributed by atoms with Crippen LogP contribution in [0, 0.1) is 11.8 Å². The van der Waals surface area contributed by atoms with Crippen molar-refractivity contribution in [2.75, 3.05) is 11.9 Å². The van der Waals surface area contributed by atoms with E-state index < -0.39 is 0 Å². The first-order valence-corrected chi connectivity index (χ1v) is 8.56. The average Bonchev–Trinajstić information content (AvgIpc) is 2.38. The maximum atomic E-state index is 6.17. The molecule has 2 nitrogen and oxygen atoms in total. The number of benzene rings is 1. The summed E-state index contributed by atoms with van der Waals surface area (Å²) in [7, 11) is 0. The summed E-state index contributed by atoms with van der Waals surface area (Å²) in [5.74, 6) is 2.45. The molecule has 0 heterocycles. The molecule has 1 aromatic rings. The summed E-state index contributed by atoms with van der Waals surface area (Å²) in [5, 5.41) is 4.35. The second-order valence-corrected chi connectivity index (χ2v) is 7.10. The van der Waals surface area contributed by atoms with Crippen molar-refractivity contribution in [2.24, 2.45) is 11.8 Å². The van der Waals surface area contributed by atoms with Crippen LogP contribution in [0.5, 0.6) is 5.75 Å². The lowest BCUT2D eigenvalue weighted by Crippen LogP contribution is -2.30. The Kier molecular flexibility index (Phi) is 5.62. The molecule has 0 saturated heterocycles. The van der Waals surface area contributed by atoms with Gasteiger partial charge in [0.2, 0.25) is 0 Å². The molecule has 20 heavy (non-hydrogen) atoms. The highest BCUT2D eigenvalue weighted by molar-refractivity contribution is 9.10. The van der Waals surface area contributed by atoms with Crippen LogP contribution in [0.3, 0.4) is 0 Å². The van der Waals surface area contributed by atoms with E-state index in [1.165, 1.54) is 19.3 Å². The lowest BCUT2D eigenvalue weighted by Gasteiger charge is -2.33. The van der Waals surface area contributed by atoms with E-state index in [1.54, 1.807) is 0 Å². The maximum absolute atomic E-state index is 6.17. The Balaban J connectivity index is 2.16. The molecule has 2 rings (SSSR count). The fourth-order valence-corrected chi connectivity index (χ4v) is 3.78. The molecule has 0 aromatic heterocycles. The molecule has 3 atom stereocenters. The normalized spacial score (nSPS) is 26.4. The standard InChI is InChI=1S/C16H23BrClNO/c1-4-20-16-14(17)8-12(18)9-15(16)19-13-6-5-10(2)11(3)7-13/h8-11,13,19H,4-7H2,1-3H3. The van der Waals surface area contributed by atoms with Gasteiger partial charge >= 0.3 is 0 Å². The van der Waals surface area contributed by atoms with Crippen LogP contribution in [0.1, 0.15) is 40.0 Å². The number of rotatable bonds is 4.